The normalized spacial score (nSPS) is 11.3. The number of fused-ring (bicyclic) bond motifs is 1. The van der Waals surface area contributed by atoms with Gasteiger partial charge in [0, 0.05) is 17.1 Å². The standard InChI is InChI=1S/C13H11ClFN3S/c1-8-7-19-13(16-8)6-18-11-3-2-9(15)4-10(11)17-12(18)5-14/h2-4,7H,5-6H2,1H3. The molecule has 3 rings (SSSR count). The number of benzene rings is 1. The van der Waals surface area contributed by atoms with Crippen LogP contribution in [-0.4, -0.2) is 14.5 Å². The van der Waals surface area contributed by atoms with Crippen LogP contribution in [0.15, 0.2) is 23.6 Å². The highest BCUT2D eigenvalue weighted by Gasteiger charge is 2.12. The van der Waals surface area contributed by atoms with Crippen molar-refractivity contribution in [1.29, 1.82) is 0 Å². The van der Waals surface area contributed by atoms with Gasteiger partial charge < -0.3 is 4.57 Å². The third-order valence-corrected chi connectivity index (χ3v) is 4.06. The van der Waals surface area contributed by atoms with E-state index in [2.05, 4.69) is 9.97 Å². The molecule has 0 fully saturated rings. The minimum atomic E-state index is -0.289. The zero-order chi connectivity index (χ0) is 13.4. The number of imidazole rings is 1. The van der Waals surface area contributed by atoms with Gasteiger partial charge >= 0.3 is 0 Å². The van der Waals surface area contributed by atoms with Crippen LogP contribution in [0.25, 0.3) is 11.0 Å². The van der Waals surface area contributed by atoms with Crippen LogP contribution in [-0.2, 0) is 12.4 Å². The van der Waals surface area contributed by atoms with Gasteiger partial charge in [0.2, 0.25) is 0 Å². The summed E-state index contributed by atoms with van der Waals surface area (Å²) in [5.74, 6) is 0.735. The van der Waals surface area contributed by atoms with Gasteiger partial charge in [-0.25, -0.2) is 14.4 Å². The minimum Gasteiger partial charge on any atom is -0.320 e. The zero-order valence-electron chi connectivity index (χ0n) is 10.2. The predicted molar refractivity (Wildman–Crippen MR) is 75.2 cm³/mol. The second-order valence-electron chi connectivity index (χ2n) is 4.26. The van der Waals surface area contributed by atoms with Crippen molar-refractivity contribution in [2.45, 2.75) is 19.3 Å². The first kappa shape index (κ1) is 12.6. The molecule has 3 aromatic rings. The van der Waals surface area contributed by atoms with Crippen LogP contribution >= 0.6 is 22.9 Å². The molecule has 0 unspecified atom stereocenters. The first-order valence-electron chi connectivity index (χ1n) is 5.79. The molecule has 2 aromatic heterocycles. The van der Waals surface area contributed by atoms with E-state index in [-0.39, 0.29) is 5.82 Å². The second kappa shape index (κ2) is 4.90. The Balaban J connectivity index is 2.10. The van der Waals surface area contributed by atoms with Crippen LogP contribution in [0.4, 0.5) is 4.39 Å². The molecule has 0 saturated carbocycles. The number of alkyl halides is 1. The van der Waals surface area contributed by atoms with Crippen molar-refractivity contribution in [3.8, 4) is 0 Å². The Morgan fingerprint density at radius 2 is 2.21 bits per heavy atom. The molecule has 0 radical (unpaired) electrons. The van der Waals surface area contributed by atoms with Crippen molar-refractivity contribution >= 4 is 34.0 Å². The smallest absolute Gasteiger partial charge is 0.125 e. The van der Waals surface area contributed by atoms with E-state index in [4.69, 9.17) is 11.6 Å². The Kier molecular flexibility index (Phi) is 3.24. The van der Waals surface area contributed by atoms with Crippen LogP contribution in [0.3, 0.4) is 0 Å². The van der Waals surface area contributed by atoms with Crippen molar-refractivity contribution in [3.05, 3.63) is 45.9 Å². The molecule has 1 aromatic carbocycles. The Morgan fingerprint density at radius 1 is 1.37 bits per heavy atom. The number of hydrogen-bond donors (Lipinski definition) is 0. The lowest BCUT2D eigenvalue weighted by Gasteiger charge is -2.05. The third-order valence-electron chi connectivity index (χ3n) is 2.87. The van der Waals surface area contributed by atoms with Crippen LogP contribution in [0.2, 0.25) is 0 Å². The van der Waals surface area contributed by atoms with Gasteiger partial charge in [-0.2, -0.15) is 0 Å². The second-order valence-corrected chi connectivity index (χ2v) is 5.47. The number of rotatable bonds is 3. The minimum absolute atomic E-state index is 0.289. The van der Waals surface area contributed by atoms with E-state index < -0.39 is 0 Å². The van der Waals surface area contributed by atoms with Gasteiger partial charge in [-0.05, 0) is 19.1 Å². The summed E-state index contributed by atoms with van der Waals surface area (Å²) >= 11 is 7.52. The number of aromatic nitrogens is 3. The lowest BCUT2D eigenvalue weighted by molar-refractivity contribution is 0.629. The summed E-state index contributed by atoms with van der Waals surface area (Å²) in [6.07, 6.45) is 0. The highest BCUT2D eigenvalue weighted by Crippen LogP contribution is 2.21. The van der Waals surface area contributed by atoms with E-state index in [1.54, 1.807) is 17.4 Å². The maximum absolute atomic E-state index is 13.2. The van der Waals surface area contributed by atoms with Gasteiger partial charge in [0.15, 0.2) is 0 Å². The van der Waals surface area contributed by atoms with Crippen LogP contribution < -0.4 is 0 Å². The topological polar surface area (TPSA) is 30.7 Å². The van der Waals surface area contributed by atoms with Gasteiger partial charge in [0.25, 0.3) is 0 Å². The van der Waals surface area contributed by atoms with Gasteiger partial charge in [0.05, 0.1) is 23.5 Å². The molecule has 0 bridgehead atoms. The Labute approximate surface area is 118 Å². The van der Waals surface area contributed by atoms with Crippen LogP contribution in [0.1, 0.15) is 16.5 Å². The van der Waals surface area contributed by atoms with Crippen molar-refractivity contribution < 1.29 is 4.39 Å². The quantitative estimate of drug-likeness (QED) is 0.689. The molecule has 0 aliphatic rings. The SMILES string of the molecule is Cc1csc(Cn2c(CCl)nc3cc(F)ccc32)n1. The fourth-order valence-electron chi connectivity index (χ4n) is 2.04. The van der Waals surface area contributed by atoms with Gasteiger partial charge in [0.1, 0.15) is 16.6 Å². The van der Waals surface area contributed by atoms with Crippen molar-refractivity contribution in [3.63, 3.8) is 0 Å². The van der Waals surface area contributed by atoms with Crippen molar-refractivity contribution in [2.75, 3.05) is 0 Å². The molecular weight excluding hydrogens is 285 g/mol. The zero-order valence-corrected chi connectivity index (χ0v) is 11.8. The monoisotopic (exact) mass is 295 g/mol. The predicted octanol–water partition coefficient (Wildman–Crippen LogP) is 3.73. The summed E-state index contributed by atoms with van der Waals surface area (Å²) in [5, 5.41) is 3.00. The number of aryl methyl sites for hydroxylation is 1. The molecule has 19 heavy (non-hydrogen) atoms. The Hall–Kier alpha value is -1.46. The molecule has 0 saturated heterocycles. The summed E-state index contributed by atoms with van der Waals surface area (Å²) in [4.78, 5) is 8.80. The highest BCUT2D eigenvalue weighted by molar-refractivity contribution is 7.09. The lowest BCUT2D eigenvalue weighted by Crippen LogP contribution is -2.03. The van der Waals surface area contributed by atoms with Gasteiger partial charge in [-0.15, -0.1) is 22.9 Å². The van der Waals surface area contributed by atoms with E-state index in [1.807, 2.05) is 16.9 Å². The summed E-state index contributed by atoms with van der Waals surface area (Å²) in [6, 6.07) is 4.59. The molecule has 98 valence electrons. The van der Waals surface area contributed by atoms with E-state index in [0.29, 0.717) is 17.9 Å². The lowest BCUT2D eigenvalue weighted by atomic mass is 10.3. The number of hydrogen-bond acceptors (Lipinski definition) is 3. The van der Waals surface area contributed by atoms with Gasteiger partial charge in [-0.3, -0.25) is 0 Å². The highest BCUT2D eigenvalue weighted by atomic mass is 35.5. The number of nitrogens with zero attached hydrogens (tertiary/aromatic N) is 3. The fourth-order valence-corrected chi connectivity index (χ4v) is 3.01. The largest absolute Gasteiger partial charge is 0.320 e. The van der Waals surface area contributed by atoms with E-state index in [1.165, 1.54) is 12.1 Å². The molecule has 0 atom stereocenters. The molecule has 0 amide bonds. The first-order chi connectivity index (χ1) is 9.17. The Bertz CT molecular complexity index is 735. The van der Waals surface area contributed by atoms with E-state index in [0.717, 1.165) is 22.0 Å². The third kappa shape index (κ3) is 2.35. The van der Waals surface area contributed by atoms with E-state index in [9.17, 15) is 4.39 Å². The molecule has 0 aliphatic carbocycles. The number of halogens is 2. The molecular formula is C13H11ClFN3S. The molecule has 0 N–H and O–H groups in total. The molecule has 2 heterocycles. The average Bonchev–Trinajstić information content (AvgIpc) is 2.94. The van der Waals surface area contributed by atoms with Crippen molar-refractivity contribution in [2.24, 2.45) is 0 Å². The molecule has 0 spiro atoms. The number of thiazole rings is 1. The summed E-state index contributed by atoms with van der Waals surface area (Å²) in [7, 11) is 0. The summed E-state index contributed by atoms with van der Waals surface area (Å²) in [5.41, 5.74) is 2.51. The van der Waals surface area contributed by atoms with Crippen LogP contribution in [0.5, 0.6) is 0 Å². The van der Waals surface area contributed by atoms with Crippen molar-refractivity contribution in [1.82, 2.24) is 14.5 Å². The Morgan fingerprint density at radius 3 is 2.89 bits per heavy atom. The molecule has 0 aliphatic heterocycles. The maximum Gasteiger partial charge on any atom is 0.125 e. The summed E-state index contributed by atoms with van der Waals surface area (Å²) in [6.45, 7) is 2.58. The molecule has 3 nitrogen and oxygen atoms in total. The van der Waals surface area contributed by atoms with E-state index >= 15 is 0 Å². The molecule has 6 heteroatoms. The first-order valence-corrected chi connectivity index (χ1v) is 7.20. The van der Waals surface area contributed by atoms with Crippen LogP contribution in [0, 0.1) is 12.7 Å². The fraction of sp³-hybridized carbons (Fsp3) is 0.231. The average molecular weight is 296 g/mol. The maximum atomic E-state index is 13.2. The summed E-state index contributed by atoms with van der Waals surface area (Å²) < 4.78 is 15.2. The van der Waals surface area contributed by atoms with Gasteiger partial charge in [-0.1, -0.05) is 0 Å².